The fraction of sp³-hybridized carbons (Fsp3) is 0.500. The van der Waals surface area contributed by atoms with Gasteiger partial charge in [0, 0.05) is 19.2 Å². The van der Waals surface area contributed by atoms with Crippen molar-refractivity contribution in [2.75, 3.05) is 26.4 Å². The van der Waals surface area contributed by atoms with Crippen molar-refractivity contribution < 1.29 is 14.6 Å². The summed E-state index contributed by atoms with van der Waals surface area (Å²) in [6.45, 7) is 2.22. The number of aliphatic hydroxyl groups is 1. The van der Waals surface area contributed by atoms with Crippen molar-refractivity contribution in [2.24, 2.45) is 0 Å². The number of hydrogen-bond donors (Lipinski definition) is 2. The Bertz CT molecular complexity index is 421. The third-order valence-corrected chi connectivity index (χ3v) is 3.00. The molecule has 0 bridgehead atoms. The molecule has 1 aliphatic heterocycles. The van der Waals surface area contributed by atoms with Crippen LogP contribution in [0.4, 0.5) is 0 Å². The molecule has 1 saturated heterocycles. The Kier molecular flexibility index (Phi) is 5.16. The standard InChI is InChI=1S/C14H18N2O3/c15-7-11-1-3-14(4-2-11)19-10-13(17)8-16-12-5-6-18-9-12/h1-4,12-13,16-17H,5-6,8-10H2. The van der Waals surface area contributed by atoms with E-state index in [-0.39, 0.29) is 6.61 Å². The average molecular weight is 262 g/mol. The van der Waals surface area contributed by atoms with Gasteiger partial charge in [0.2, 0.25) is 0 Å². The third-order valence-electron chi connectivity index (χ3n) is 3.00. The molecule has 0 saturated carbocycles. The molecule has 0 spiro atoms. The van der Waals surface area contributed by atoms with E-state index in [0.29, 0.717) is 30.5 Å². The van der Waals surface area contributed by atoms with E-state index in [1.54, 1.807) is 24.3 Å². The molecule has 2 rings (SSSR count). The number of nitrogens with zero attached hydrogens (tertiary/aromatic N) is 1. The van der Waals surface area contributed by atoms with Crippen molar-refractivity contribution >= 4 is 0 Å². The molecule has 19 heavy (non-hydrogen) atoms. The zero-order valence-corrected chi connectivity index (χ0v) is 10.7. The number of rotatable bonds is 6. The van der Waals surface area contributed by atoms with Gasteiger partial charge in [-0.1, -0.05) is 0 Å². The monoisotopic (exact) mass is 262 g/mol. The highest BCUT2D eigenvalue weighted by molar-refractivity contribution is 5.34. The molecule has 0 amide bonds. The van der Waals surface area contributed by atoms with Crippen LogP contribution in [0.5, 0.6) is 5.75 Å². The van der Waals surface area contributed by atoms with Crippen LogP contribution in [0.1, 0.15) is 12.0 Å². The van der Waals surface area contributed by atoms with E-state index >= 15 is 0 Å². The van der Waals surface area contributed by atoms with Crippen molar-refractivity contribution in [3.8, 4) is 11.8 Å². The molecule has 1 aromatic rings. The molecular weight excluding hydrogens is 244 g/mol. The predicted octanol–water partition coefficient (Wildman–Crippen LogP) is 0.676. The highest BCUT2D eigenvalue weighted by Crippen LogP contribution is 2.11. The van der Waals surface area contributed by atoms with Gasteiger partial charge in [-0.25, -0.2) is 0 Å². The van der Waals surface area contributed by atoms with Crippen LogP contribution in [-0.4, -0.2) is 43.6 Å². The van der Waals surface area contributed by atoms with Crippen LogP contribution in [0.2, 0.25) is 0 Å². The summed E-state index contributed by atoms with van der Waals surface area (Å²) in [5, 5.41) is 21.7. The molecule has 2 atom stereocenters. The van der Waals surface area contributed by atoms with E-state index in [9.17, 15) is 5.11 Å². The Labute approximate surface area is 112 Å². The summed E-state index contributed by atoms with van der Waals surface area (Å²) in [6.07, 6.45) is 0.430. The molecule has 0 aliphatic carbocycles. The van der Waals surface area contributed by atoms with Gasteiger partial charge in [0.05, 0.1) is 18.2 Å². The van der Waals surface area contributed by atoms with Gasteiger partial charge in [0.1, 0.15) is 18.5 Å². The average Bonchev–Trinajstić information content (AvgIpc) is 2.96. The van der Waals surface area contributed by atoms with E-state index in [2.05, 4.69) is 5.32 Å². The second-order valence-corrected chi connectivity index (χ2v) is 4.57. The van der Waals surface area contributed by atoms with Crippen LogP contribution in [0.25, 0.3) is 0 Å². The molecule has 0 radical (unpaired) electrons. The number of hydrogen-bond acceptors (Lipinski definition) is 5. The number of aliphatic hydroxyl groups excluding tert-OH is 1. The quantitative estimate of drug-likeness (QED) is 0.788. The molecule has 5 nitrogen and oxygen atoms in total. The van der Waals surface area contributed by atoms with Crippen molar-refractivity contribution in [1.82, 2.24) is 5.32 Å². The first kappa shape index (κ1) is 13.8. The van der Waals surface area contributed by atoms with E-state index in [1.165, 1.54) is 0 Å². The molecule has 1 aromatic carbocycles. The minimum atomic E-state index is -0.559. The lowest BCUT2D eigenvalue weighted by molar-refractivity contribution is 0.102. The molecule has 5 heteroatoms. The number of nitriles is 1. The molecular formula is C14H18N2O3. The van der Waals surface area contributed by atoms with Gasteiger partial charge in [-0.2, -0.15) is 5.26 Å². The van der Waals surface area contributed by atoms with Gasteiger partial charge in [-0.15, -0.1) is 0 Å². The first-order valence-corrected chi connectivity index (χ1v) is 6.40. The predicted molar refractivity (Wildman–Crippen MR) is 69.9 cm³/mol. The summed E-state index contributed by atoms with van der Waals surface area (Å²) >= 11 is 0. The maximum Gasteiger partial charge on any atom is 0.119 e. The molecule has 2 unspecified atom stereocenters. The van der Waals surface area contributed by atoms with E-state index < -0.39 is 6.10 Å². The lowest BCUT2D eigenvalue weighted by atomic mass is 10.2. The van der Waals surface area contributed by atoms with Crippen molar-refractivity contribution in [3.05, 3.63) is 29.8 Å². The SMILES string of the molecule is N#Cc1ccc(OCC(O)CNC2CCOC2)cc1. The lowest BCUT2D eigenvalue weighted by Crippen LogP contribution is -2.38. The van der Waals surface area contributed by atoms with Crippen LogP contribution < -0.4 is 10.1 Å². The summed E-state index contributed by atoms with van der Waals surface area (Å²) in [5.41, 5.74) is 0.593. The highest BCUT2D eigenvalue weighted by atomic mass is 16.5. The van der Waals surface area contributed by atoms with Crippen LogP contribution in [0, 0.1) is 11.3 Å². The Hall–Kier alpha value is -1.61. The summed E-state index contributed by atoms with van der Waals surface area (Å²) in [4.78, 5) is 0. The van der Waals surface area contributed by atoms with Crippen LogP contribution in [0.3, 0.4) is 0 Å². The van der Waals surface area contributed by atoms with Crippen molar-refractivity contribution in [2.45, 2.75) is 18.6 Å². The molecule has 2 N–H and O–H groups in total. The summed E-state index contributed by atoms with van der Waals surface area (Å²) in [6, 6.07) is 9.21. The first-order valence-electron chi connectivity index (χ1n) is 6.40. The Morgan fingerprint density at radius 3 is 2.89 bits per heavy atom. The normalized spacial score (nSPS) is 19.9. The lowest BCUT2D eigenvalue weighted by Gasteiger charge is -2.16. The number of ether oxygens (including phenoxy) is 2. The second-order valence-electron chi connectivity index (χ2n) is 4.57. The van der Waals surface area contributed by atoms with Crippen LogP contribution >= 0.6 is 0 Å². The summed E-state index contributed by atoms with van der Waals surface area (Å²) in [7, 11) is 0. The largest absolute Gasteiger partial charge is 0.491 e. The second kappa shape index (κ2) is 7.10. The highest BCUT2D eigenvalue weighted by Gasteiger charge is 2.16. The van der Waals surface area contributed by atoms with Gasteiger partial charge in [0.15, 0.2) is 0 Å². The van der Waals surface area contributed by atoms with Gasteiger partial charge in [0.25, 0.3) is 0 Å². The molecule has 1 fully saturated rings. The summed E-state index contributed by atoms with van der Waals surface area (Å²) in [5.74, 6) is 0.655. The van der Waals surface area contributed by atoms with Crippen molar-refractivity contribution in [1.29, 1.82) is 5.26 Å². The zero-order chi connectivity index (χ0) is 13.5. The Morgan fingerprint density at radius 2 is 2.26 bits per heavy atom. The van der Waals surface area contributed by atoms with Crippen LogP contribution in [0.15, 0.2) is 24.3 Å². The van der Waals surface area contributed by atoms with Gasteiger partial charge < -0.3 is 19.9 Å². The van der Waals surface area contributed by atoms with E-state index in [4.69, 9.17) is 14.7 Å². The minimum Gasteiger partial charge on any atom is -0.491 e. The molecule has 1 aliphatic rings. The fourth-order valence-corrected chi connectivity index (χ4v) is 1.88. The maximum absolute atomic E-state index is 9.79. The first-order chi connectivity index (χ1) is 9.28. The smallest absolute Gasteiger partial charge is 0.119 e. The fourth-order valence-electron chi connectivity index (χ4n) is 1.88. The third kappa shape index (κ3) is 4.52. The number of benzene rings is 1. The van der Waals surface area contributed by atoms with Gasteiger partial charge >= 0.3 is 0 Å². The molecule has 1 heterocycles. The van der Waals surface area contributed by atoms with Gasteiger partial charge in [-0.05, 0) is 30.7 Å². The van der Waals surface area contributed by atoms with E-state index in [0.717, 1.165) is 13.0 Å². The van der Waals surface area contributed by atoms with E-state index in [1.807, 2.05) is 6.07 Å². The van der Waals surface area contributed by atoms with Gasteiger partial charge in [-0.3, -0.25) is 0 Å². The van der Waals surface area contributed by atoms with Crippen LogP contribution in [-0.2, 0) is 4.74 Å². The Morgan fingerprint density at radius 1 is 1.47 bits per heavy atom. The van der Waals surface area contributed by atoms with Crippen molar-refractivity contribution in [3.63, 3.8) is 0 Å². The molecule has 0 aromatic heterocycles. The molecule has 102 valence electrons. The topological polar surface area (TPSA) is 74.5 Å². The zero-order valence-electron chi connectivity index (χ0n) is 10.7. The maximum atomic E-state index is 9.79. The Balaban J connectivity index is 1.67. The minimum absolute atomic E-state index is 0.229. The number of nitrogens with one attached hydrogen (secondary N) is 1. The summed E-state index contributed by atoms with van der Waals surface area (Å²) < 4.78 is 10.7.